The minimum absolute atomic E-state index is 0.0652. The SMILES string of the molecule is CCC(C)(OC)C(=O)N(C)c1snc(C)c1C(=O)O. The number of methoxy groups -OCH3 is 1. The number of carbonyl (C=O) groups is 2. The highest BCUT2D eigenvalue weighted by atomic mass is 32.1. The number of aromatic nitrogens is 1. The third-order valence-corrected chi connectivity index (χ3v) is 4.26. The highest BCUT2D eigenvalue weighted by molar-refractivity contribution is 7.11. The van der Waals surface area contributed by atoms with Gasteiger partial charge in [-0.2, -0.15) is 4.37 Å². The van der Waals surface area contributed by atoms with Crippen LogP contribution in [0.2, 0.25) is 0 Å². The Kier molecular flexibility index (Phi) is 4.65. The first-order chi connectivity index (χ1) is 8.78. The lowest BCUT2D eigenvalue weighted by molar-refractivity contribution is -0.138. The van der Waals surface area contributed by atoms with E-state index in [1.807, 2.05) is 6.92 Å². The van der Waals surface area contributed by atoms with Crippen molar-refractivity contribution in [2.75, 3.05) is 19.1 Å². The Morgan fingerprint density at radius 3 is 2.53 bits per heavy atom. The molecule has 0 saturated carbocycles. The zero-order chi connectivity index (χ0) is 14.8. The normalized spacial score (nSPS) is 13.9. The van der Waals surface area contributed by atoms with Crippen molar-refractivity contribution in [1.29, 1.82) is 0 Å². The van der Waals surface area contributed by atoms with Crippen molar-refractivity contribution in [3.05, 3.63) is 11.3 Å². The van der Waals surface area contributed by atoms with Gasteiger partial charge >= 0.3 is 5.97 Å². The second kappa shape index (κ2) is 5.66. The van der Waals surface area contributed by atoms with Crippen LogP contribution in [0.4, 0.5) is 5.00 Å². The van der Waals surface area contributed by atoms with Gasteiger partial charge in [0, 0.05) is 14.2 Å². The Morgan fingerprint density at radius 1 is 1.53 bits per heavy atom. The molecule has 0 aliphatic carbocycles. The van der Waals surface area contributed by atoms with E-state index in [-0.39, 0.29) is 11.5 Å². The average Bonchev–Trinajstić information content (AvgIpc) is 2.78. The fourth-order valence-electron chi connectivity index (χ4n) is 1.66. The molecule has 1 heterocycles. The number of ether oxygens (including phenoxy) is 1. The van der Waals surface area contributed by atoms with Gasteiger partial charge in [0.05, 0.1) is 5.69 Å². The Labute approximate surface area is 116 Å². The van der Waals surface area contributed by atoms with Gasteiger partial charge in [0.1, 0.15) is 16.2 Å². The third kappa shape index (κ3) is 2.76. The number of carboxylic acids is 1. The number of anilines is 1. The van der Waals surface area contributed by atoms with Crippen LogP contribution in [0.5, 0.6) is 0 Å². The molecule has 0 bridgehead atoms. The van der Waals surface area contributed by atoms with Crippen molar-refractivity contribution in [2.24, 2.45) is 0 Å². The molecule has 1 rings (SSSR count). The van der Waals surface area contributed by atoms with Gasteiger partial charge in [-0.05, 0) is 31.8 Å². The van der Waals surface area contributed by atoms with E-state index in [4.69, 9.17) is 4.74 Å². The van der Waals surface area contributed by atoms with Crippen molar-refractivity contribution in [3.63, 3.8) is 0 Å². The second-order valence-corrected chi connectivity index (χ2v) is 5.16. The predicted molar refractivity (Wildman–Crippen MR) is 72.9 cm³/mol. The van der Waals surface area contributed by atoms with Crippen molar-refractivity contribution in [1.82, 2.24) is 4.37 Å². The van der Waals surface area contributed by atoms with Crippen LogP contribution in [0, 0.1) is 6.92 Å². The van der Waals surface area contributed by atoms with Gasteiger partial charge in [0.2, 0.25) is 0 Å². The molecule has 1 atom stereocenters. The van der Waals surface area contributed by atoms with Gasteiger partial charge in [0.25, 0.3) is 5.91 Å². The third-order valence-electron chi connectivity index (χ3n) is 3.25. The molecule has 0 aromatic carbocycles. The zero-order valence-electron chi connectivity index (χ0n) is 11.7. The maximum absolute atomic E-state index is 12.4. The summed E-state index contributed by atoms with van der Waals surface area (Å²) in [5.74, 6) is -1.37. The number of hydrogen-bond acceptors (Lipinski definition) is 5. The van der Waals surface area contributed by atoms with Crippen molar-refractivity contribution >= 4 is 28.4 Å². The largest absolute Gasteiger partial charge is 0.478 e. The number of hydrogen-bond donors (Lipinski definition) is 1. The summed E-state index contributed by atoms with van der Waals surface area (Å²) < 4.78 is 9.25. The van der Waals surface area contributed by atoms with E-state index in [2.05, 4.69) is 4.37 Å². The smallest absolute Gasteiger partial charge is 0.340 e. The standard InChI is InChI=1S/C12H18N2O4S/c1-6-12(3,18-5)11(17)14(4)9-8(10(15)16)7(2)13-19-9/h6H2,1-5H3,(H,15,16). The monoisotopic (exact) mass is 286 g/mol. The van der Waals surface area contributed by atoms with E-state index < -0.39 is 11.6 Å². The van der Waals surface area contributed by atoms with Crippen LogP contribution in [0.25, 0.3) is 0 Å². The van der Waals surface area contributed by atoms with Gasteiger partial charge < -0.3 is 14.7 Å². The number of nitrogens with zero attached hydrogens (tertiary/aromatic N) is 2. The Morgan fingerprint density at radius 2 is 2.11 bits per heavy atom. The molecule has 0 aliphatic rings. The van der Waals surface area contributed by atoms with Gasteiger partial charge in [-0.3, -0.25) is 4.79 Å². The molecule has 0 spiro atoms. The van der Waals surface area contributed by atoms with Crippen LogP contribution in [0.3, 0.4) is 0 Å². The van der Waals surface area contributed by atoms with Crippen molar-refractivity contribution in [2.45, 2.75) is 32.8 Å². The molecule has 0 radical (unpaired) electrons. The summed E-state index contributed by atoms with van der Waals surface area (Å²) in [6.45, 7) is 5.13. The first-order valence-corrected chi connectivity index (χ1v) is 6.58. The molecule has 106 valence electrons. The molecule has 6 nitrogen and oxygen atoms in total. The number of carboxylic acid groups (broad SMARTS) is 1. The van der Waals surface area contributed by atoms with Gasteiger partial charge in [0.15, 0.2) is 0 Å². The number of aromatic carboxylic acids is 1. The maximum Gasteiger partial charge on any atom is 0.340 e. The molecule has 1 N–H and O–H groups in total. The lowest BCUT2D eigenvalue weighted by Crippen LogP contribution is -2.46. The summed E-state index contributed by atoms with van der Waals surface area (Å²) in [5.41, 5.74) is -0.499. The topological polar surface area (TPSA) is 79.7 Å². The summed E-state index contributed by atoms with van der Waals surface area (Å²) in [5, 5.41) is 9.51. The van der Waals surface area contributed by atoms with Gasteiger partial charge in [-0.25, -0.2) is 4.79 Å². The number of carbonyl (C=O) groups excluding carboxylic acids is 1. The number of amides is 1. The summed E-state index contributed by atoms with van der Waals surface area (Å²) in [4.78, 5) is 24.9. The van der Waals surface area contributed by atoms with E-state index >= 15 is 0 Å². The van der Waals surface area contributed by atoms with E-state index in [0.717, 1.165) is 11.5 Å². The van der Waals surface area contributed by atoms with E-state index in [0.29, 0.717) is 17.1 Å². The summed E-state index contributed by atoms with van der Waals surface area (Å²) in [6.07, 6.45) is 0.493. The van der Waals surface area contributed by atoms with E-state index in [1.54, 1.807) is 13.8 Å². The molecule has 1 unspecified atom stereocenters. The molecule has 1 amide bonds. The Bertz CT molecular complexity index is 494. The molecule has 1 aromatic heterocycles. The first kappa shape index (κ1) is 15.6. The van der Waals surface area contributed by atoms with Gasteiger partial charge in [-0.1, -0.05) is 6.92 Å². The fraction of sp³-hybridized carbons (Fsp3) is 0.583. The fourth-order valence-corrected chi connectivity index (χ4v) is 2.51. The summed E-state index contributed by atoms with van der Waals surface area (Å²) in [6, 6.07) is 0. The van der Waals surface area contributed by atoms with Crippen LogP contribution >= 0.6 is 11.5 Å². The van der Waals surface area contributed by atoms with Crippen molar-refractivity contribution in [3.8, 4) is 0 Å². The predicted octanol–water partition coefficient (Wildman–Crippen LogP) is 1.93. The van der Waals surface area contributed by atoms with Crippen LogP contribution < -0.4 is 4.90 Å². The molecule has 7 heteroatoms. The maximum atomic E-state index is 12.4. The minimum atomic E-state index is -1.09. The molecule has 0 fully saturated rings. The quantitative estimate of drug-likeness (QED) is 0.894. The molecule has 19 heavy (non-hydrogen) atoms. The Balaban J connectivity index is 3.18. The minimum Gasteiger partial charge on any atom is -0.478 e. The van der Waals surface area contributed by atoms with Crippen LogP contribution in [0.1, 0.15) is 36.3 Å². The second-order valence-electron chi connectivity index (χ2n) is 4.41. The molecule has 0 aliphatic heterocycles. The highest BCUT2D eigenvalue weighted by Crippen LogP contribution is 2.30. The van der Waals surface area contributed by atoms with E-state index in [9.17, 15) is 14.7 Å². The molecular weight excluding hydrogens is 268 g/mol. The van der Waals surface area contributed by atoms with Crippen molar-refractivity contribution < 1.29 is 19.4 Å². The number of aryl methyl sites for hydroxylation is 1. The molecular formula is C12H18N2O4S. The number of likely N-dealkylation sites (N-methyl/N-ethyl adjacent to an activating group) is 1. The van der Waals surface area contributed by atoms with E-state index in [1.165, 1.54) is 19.1 Å². The summed E-state index contributed by atoms with van der Waals surface area (Å²) >= 11 is 0.997. The number of rotatable bonds is 5. The summed E-state index contributed by atoms with van der Waals surface area (Å²) in [7, 11) is 3.00. The van der Waals surface area contributed by atoms with Crippen LogP contribution in [0.15, 0.2) is 0 Å². The average molecular weight is 286 g/mol. The molecule has 1 aromatic rings. The van der Waals surface area contributed by atoms with Crippen LogP contribution in [-0.4, -0.2) is 41.1 Å². The van der Waals surface area contributed by atoms with Gasteiger partial charge in [-0.15, -0.1) is 0 Å². The lowest BCUT2D eigenvalue weighted by atomic mass is 10.0. The zero-order valence-corrected chi connectivity index (χ0v) is 12.5. The lowest BCUT2D eigenvalue weighted by Gasteiger charge is -2.29. The molecule has 0 saturated heterocycles. The Hall–Kier alpha value is -1.47. The first-order valence-electron chi connectivity index (χ1n) is 5.81. The highest BCUT2D eigenvalue weighted by Gasteiger charge is 2.36. The van der Waals surface area contributed by atoms with Crippen LogP contribution in [-0.2, 0) is 9.53 Å².